The molecule has 0 radical (unpaired) electrons. The predicted octanol–water partition coefficient (Wildman–Crippen LogP) is 4.60. The molecule has 21 heavy (non-hydrogen) atoms. The van der Waals surface area contributed by atoms with Crippen LogP contribution in [0.15, 0.2) is 34.1 Å². The van der Waals surface area contributed by atoms with Gasteiger partial charge in [0.25, 0.3) is 0 Å². The average molecular weight is 370 g/mol. The summed E-state index contributed by atoms with van der Waals surface area (Å²) in [5.74, 6) is 1.57. The Kier molecular flexibility index (Phi) is 6.08. The SMILES string of the molecule is COc1cc(CNCc2sccc2Br)ccc1OC(C)C. The molecule has 1 aromatic carbocycles. The first-order chi connectivity index (χ1) is 10.1. The van der Waals surface area contributed by atoms with Crippen LogP contribution in [0.5, 0.6) is 11.5 Å². The lowest BCUT2D eigenvalue weighted by atomic mass is 10.2. The lowest BCUT2D eigenvalue weighted by Crippen LogP contribution is -2.12. The summed E-state index contributed by atoms with van der Waals surface area (Å²) in [6.07, 6.45) is 0.138. The Morgan fingerprint density at radius 1 is 1.19 bits per heavy atom. The van der Waals surface area contributed by atoms with Crippen molar-refractivity contribution in [3.05, 3.63) is 44.6 Å². The number of nitrogens with one attached hydrogen (secondary N) is 1. The predicted molar refractivity (Wildman–Crippen MR) is 91.3 cm³/mol. The van der Waals surface area contributed by atoms with Crippen molar-refractivity contribution in [3.63, 3.8) is 0 Å². The van der Waals surface area contributed by atoms with E-state index in [0.717, 1.165) is 24.6 Å². The first-order valence-corrected chi connectivity index (χ1v) is 8.53. The van der Waals surface area contributed by atoms with Gasteiger partial charge in [0.2, 0.25) is 0 Å². The number of ether oxygens (including phenoxy) is 2. The average Bonchev–Trinajstić information content (AvgIpc) is 2.85. The van der Waals surface area contributed by atoms with Crippen molar-refractivity contribution < 1.29 is 9.47 Å². The standard InChI is InChI=1S/C16H20BrNO2S/c1-11(2)20-14-5-4-12(8-15(14)19-3)9-18-10-16-13(17)6-7-21-16/h4-8,11,18H,9-10H2,1-3H3. The van der Waals surface area contributed by atoms with Gasteiger partial charge in [-0.15, -0.1) is 11.3 Å². The van der Waals surface area contributed by atoms with E-state index >= 15 is 0 Å². The van der Waals surface area contributed by atoms with Crippen LogP contribution in [0.4, 0.5) is 0 Å². The van der Waals surface area contributed by atoms with Crippen molar-refractivity contribution in [2.75, 3.05) is 7.11 Å². The van der Waals surface area contributed by atoms with Crippen LogP contribution < -0.4 is 14.8 Å². The van der Waals surface area contributed by atoms with E-state index in [9.17, 15) is 0 Å². The number of methoxy groups -OCH3 is 1. The number of hydrogen-bond donors (Lipinski definition) is 1. The van der Waals surface area contributed by atoms with E-state index in [1.54, 1.807) is 18.4 Å². The van der Waals surface area contributed by atoms with Gasteiger partial charge in [-0.3, -0.25) is 0 Å². The number of benzene rings is 1. The summed E-state index contributed by atoms with van der Waals surface area (Å²) in [5.41, 5.74) is 1.18. The minimum atomic E-state index is 0.138. The van der Waals surface area contributed by atoms with Gasteiger partial charge in [-0.2, -0.15) is 0 Å². The van der Waals surface area contributed by atoms with Gasteiger partial charge in [0, 0.05) is 22.4 Å². The molecule has 0 saturated heterocycles. The highest BCUT2D eigenvalue weighted by Crippen LogP contribution is 2.29. The normalized spacial score (nSPS) is 10.9. The molecular formula is C16H20BrNO2S. The van der Waals surface area contributed by atoms with Crippen LogP contribution >= 0.6 is 27.3 Å². The van der Waals surface area contributed by atoms with Crippen LogP contribution in [0.1, 0.15) is 24.3 Å². The molecule has 0 unspecified atom stereocenters. The summed E-state index contributed by atoms with van der Waals surface area (Å²) in [6.45, 7) is 5.66. The Morgan fingerprint density at radius 3 is 2.62 bits per heavy atom. The van der Waals surface area contributed by atoms with Crippen molar-refractivity contribution in [1.82, 2.24) is 5.32 Å². The van der Waals surface area contributed by atoms with E-state index in [2.05, 4.69) is 38.8 Å². The molecule has 2 rings (SSSR count). The van der Waals surface area contributed by atoms with E-state index in [-0.39, 0.29) is 6.10 Å². The van der Waals surface area contributed by atoms with Gasteiger partial charge in [-0.25, -0.2) is 0 Å². The third-order valence-electron chi connectivity index (χ3n) is 2.90. The molecule has 0 fully saturated rings. The van der Waals surface area contributed by atoms with Crippen molar-refractivity contribution in [2.24, 2.45) is 0 Å². The molecule has 0 bridgehead atoms. The Balaban J connectivity index is 1.96. The third-order valence-corrected chi connectivity index (χ3v) is 4.82. The molecule has 0 aliphatic heterocycles. The maximum absolute atomic E-state index is 5.72. The molecule has 1 heterocycles. The fourth-order valence-corrected chi connectivity index (χ4v) is 3.41. The zero-order valence-electron chi connectivity index (χ0n) is 12.5. The highest BCUT2D eigenvalue weighted by Gasteiger charge is 2.08. The first kappa shape index (κ1) is 16.3. The van der Waals surface area contributed by atoms with Crippen molar-refractivity contribution >= 4 is 27.3 Å². The summed E-state index contributed by atoms with van der Waals surface area (Å²) < 4.78 is 12.3. The van der Waals surface area contributed by atoms with Gasteiger partial charge in [-0.05, 0) is 58.9 Å². The van der Waals surface area contributed by atoms with E-state index in [1.807, 2.05) is 26.0 Å². The summed E-state index contributed by atoms with van der Waals surface area (Å²) >= 11 is 5.29. The lowest BCUT2D eigenvalue weighted by Gasteiger charge is -2.14. The molecule has 5 heteroatoms. The largest absolute Gasteiger partial charge is 0.493 e. The van der Waals surface area contributed by atoms with Gasteiger partial charge in [0.1, 0.15) is 0 Å². The van der Waals surface area contributed by atoms with Crippen LogP contribution in [-0.4, -0.2) is 13.2 Å². The maximum atomic E-state index is 5.72. The van der Waals surface area contributed by atoms with Crippen LogP contribution in [-0.2, 0) is 13.1 Å². The molecule has 114 valence electrons. The number of halogens is 1. The van der Waals surface area contributed by atoms with Crippen molar-refractivity contribution in [3.8, 4) is 11.5 Å². The zero-order chi connectivity index (χ0) is 15.2. The molecule has 1 aromatic heterocycles. The van der Waals surface area contributed by atoms with E-state index in [1.165, 1.54) is 14.9 Å². The third kappa shape index (κ3) is 4.73. The zero-order valence-corrected chi connectivity index (χ0v) is 14.9. The molecule has 2 aromatic rings. The molecule has 0 saturated carbocycles. The molecule has 3 nitrogen and oxygen atoms in total. The fourth-order valence-electron chi connectivity index (χ4n) is 1.94. The summed E-state index contributed by atoms with van der Waals surface area (Å²) in [6, 6.07) is 8.13. The minimum absolute atomic E-state index is 0.138. The van der Waals surface area contributed by atoms with Crippen molar-refractivity contribution in [1.29, 1.82) is 0 Å². The van der Waals surface area contributed by atoms with Crippen LogP contribution in [0.2, 0.25) is 0 Å². The first-order valence-electron chi connectivity index (χ1n) is 6.86. The Hall–Kier alpha value is -1.04. The van der Waals surface area contributed by atoms with E-state index < -0.39 is 0 Å². The monoisotopic (exact) mass is 369 g/mol. The second-order valence-corrected chi connectivity index (χ2v) is 6.80. The minimum Gasteiger partial charge on any atom is -0.493 e. The number of hydrogen-bond acceptors (Lipinski definition) is 4. The highest BCUT2D eigenvalue weighted by atomic mass is 79.9. The molecule has 1 N–H and O–H groups in total. The molecule has 0 aliphatic rings. The fraction of sp³-hybridized carbons (Fsp3) is 0.375. The topological polar surface area (TPSA) is 30.5 Å². The maximum Gasteiger partial charge on any atom is 0.161 e. The molecule has 0 atom stereocenters. The van der Waals surface area contributed by atoms with Crippen molar-refractivity contribution in [2.45, 2.75) is 33.0 Å². The molecule has 0 amide bonds. The van der Waals surface area contributed by atoms with Crippen LogP contribution in [0.25, 0.3) is 0 Å². The Bertz CT molecular complexity index is 583. The second kappa shape index (κ2) is 7.82. The van der Waals surface area contributed by atoms with Gasteiger partial charge < -0.3 is 14.8 Å². The lowest BCUT2D eigenvalue weighted by molar-refractivity contribution is 0.230. The van der Waals surface area contributed by atoms with Gasteiger partial charge >= 0.3 is 0 Å². The highest BCUT2D eigenvalue weighted by molar-refractivity contribution is 9.10. The van der Waals surface area contributed by atoms with Crippen LogP contribution in [0, 0.1) is 0 Å². The summed E-state index contributed by atoms with van der Waals surface area (Å²) in [4.78, 5) is 1.31. The van der Waals surface area contributed by atoms with Crippen LogP contribution in [0.3, 0.4) is 0 Å². The van der Waals surface area contributed by atoms with E-state index in [4.69, 9.17) is 9.47 Å². The smallest absolute Gasteiger partial charge is 0.161 e. The number of thiophene rings is 1. The van der Waals surface area contributed by atoms with E-state index in [0.29, 0.717) is 0 Å². The molecule has 0 spiro atoms. The van der Waals surface area contributed by atoms with Gasteiger partial charge in [-0.1, -0.05) is 6.07 Å². The molecule has 0 aliphatic carbocycles. The summed E-state index contributed by atoms with van der Waals surface area (Å²) in [5, 5.41) is 5.53. The van der Waals surface area contributed by atoms with Gasteiger partial charge in [0.15, 0.2) is 11.5 Å². The molecular weight excluding hydrogens is 350 g/mol. The Labute approximate surface area is 138 Å². The quantitative estimate of drug-likeness (QED) is 0.773. The Morgan fingerprint density at radius 2 is 2.00 bits per heavy atom. The van der Waals surface area contributed by atoms with Gasteiger partial charge in [0.05, 0.1) is 13.2 Å². The summed E-state index contributed by atoms with van der Waals surface area (Å²) in [7, 11) is 1.67. The number of rotatable bonds is 7. The second-order valence-electron chi connectivity index (χ2n) is 4.95.